The SMILES string of the molecule is COc1cc(/C=C2\C(=O)NC(=O)N(c3ccc(OCc4ccccc4)cc3)C2=O)cc(Cl)c1Cc1ccccc1Cl. The van der Waals surface area contributed by atoms with Gasteiger partial charge in [-0.15, -0.1) is 0 Å². The number of methoxy groups -OCH3 is 1. The fraction of sp³-hybridized carbons (Fsp3) is 0.0938. The van der Waals surface area contributed by atoms with Crippen LogP contribution in [-0.2, 0) is 22.6 Å². The molecule has 1 saturated heterocycles. The first-order valence-electron chi connectivity index (χ1n) is 12.6. The second kappa shape index (κ2) is 12.3. The van der Waals surface area contributed by atoms with Crippen molar-refractivity contribution in [2.45, 2.75) is 13.0 Å². The van der Waals surface area contributed by atoms with E-state index in [0.717, 1.165) is 16.0 Å². The number of anilines is 1. The number of carbonyl (C=O) groups excluding carboxylic acids is 3. The summed E-state index contributed by atoms with van der Waals surface area (Å²) >= 11 is 12.9. The molecule has 1 fully saturated rings. The van der Waals surface area contributed by atoms with Gasteiger partial charge in [-0.2, -0.15) is 0 Å². The van der Waals surface area contributed by atoms with Crippen LogP contribution in [0.1, 0.15) is 22.3 Å². The number of barbiturate groups is 1. The summed E-state index contributed by atoms with van der Waals surface area (Å²) in [6.07, 6.45) is 1.80. The monoisotopic (exact) mass is 586 g/mol. The molecule has 0 saturated carbocycles. The number of nitrogens with one attached hydrogen (secondary N) is 1. The van der Waals surface area contributed by atoms with Gasteiger partial charge in [-0.25, -0.2) is 9.69 Å². The van der Waals surface area contributed by atoms with Crippen molar-refractivity contribution in [2.75, 3.05) is 12.0 Å². The van der Waals surface area contributed by atoms with Crippen molar-refractivity contribution >= 4 is 52.8 Å². The van der Waals surface area contributed by atoms with Crippen molar-refractivity contribution in [3.05, 3.63) is 129 Å². The van der Waals surface area contributed by atoms with Crippen molar-refractivity contribution in [2.24, 2.45) is 0 Å². The zero-order valence-electron chi connectivity index (χ0n) is 21.9. The quantitative estimate of drug-likeness (QED) is 0.180. The van der Waals surface area contributed by atoms with Crippen LogP contribution in [0.15, 0.2) is 96.6 Å². The van der Waals surface area contributed by atoms with Crippen LogP contribution in [0.2, 0.25) is 10.0 Å². The molecule has 4 aromatic carbocycles. The molecule has 206 valence electrons. The minimum Gasteiger partial charge on any atom is -0.496 e. The molecule has 0 radical (unpaired) electrons. The molecular formula is C32H24Cl2N2O5. The maximum Gasteiger partial charge on any atom is 0.335 e. The Labute approximate surface area is 246 Å². The van der Waals surface area contributed by atoms with Crippen LogP contribution < -0.4 is 19.7 Å². The van der Waals surface area contributed by atoms with E-state index in [2.05, 4.69) is 5.32 Å². The van der Waals surface area contributed by atoms with Crippen LogP contribution in [-0.4, -0.2) is 25.0 Å². The lowest BCUT2D eigenvalue weighted by Gasteiger charge is -2.26. The Morgan fingerprint density at radius 1 is 0.854 bits per heavy atom. The Morgan fingerprint density at radius 3 is 2.27 bits per heavy atom. The van der Waals surface area contributed by atoms with Gasteiger partial charge in [-0.3, -0.25) is 14.9 Å². The topological polar surface area (TPSA) is 84.9 Å². The second-order valence-corrected chi connectivity index (χ2v) is 9.99. The number of amides is 4. The summed E-state index contributed by atoms with van der Waals surface area (Å²) in [4.78, 5) is 39.7. The van der Waals surface area contributed by atoms with Gasteiger partial charge in [0.2, 0.25) is 0 Å². The Kier molecular flexibility index (Phi) is 8.38. The molecule has 1 aliphatic rings. The lowest BCUT2D eigenvalue weighted by Crippen LogP contribution is -2.54. The number of halogens is 2. The smallest absolute Gasteiger partial charge is 0.335 e. The zero-order valence-corrected chi connectivity index (χ0v) is 23.4. The number of imide groups is 2. The molecule has 9 heteroatoms. The van der Waals surface area contributed by atoms with Crippen LogP contribution in [0, 0.1) is 0 Å². The largest absolute Gasteiger partial charge is 0.496 e. The van der Waals surface area contributed by atoms with E-state index in [9.17, 15) is 14.4 Å². The number of rotatable bonds is 8. The summed E-state index contributed by atoms with van der Waals surface area (Å²) < 4.78 is 11.4. The Morgan fingerprint density at radius 2 is 1.56 bits per heavy atom. The molecule has 0 unspecified atom stereocenters. The molecule has 0 spiro atoms. The van der Waals surface area contributed by atoms with Crippen LogP contribution in [0.4, 0.5) is 10.5 Å². The zero-order chi connectivity index (χ0) is 28.9. The Bertz CT molecular complexity index is 1650. The average Bonchev–Trinajstić information content (AvgIpc) is 2.97. The third-order valence-corrected chi connectivity index (χ3v) is 7.18. The second-order valence-electron chi connectivity index (χ2n) is 9.18. The predicted octanol–water partition coefficient (Wildman–Crippen LogP) is 6.84. The van der Waals surface area contributed by atoms with E-state index in [-0.39, 0.29) is 11.3 Å². The van der Waals surface area contributed by atoms with E-state index >= 15 is 0 Å². The van der Waals surface area contributed by atoms with Gasteiger partial charge in [0.25, 0.3) is 11.8 Å². The molecule has 0 bridgehead atoms. The molecule has 1 N–H and O–H groups in total. The van der Waals surface area contributed by atoms with E-state index in [0.29, 0.717) is 45.7 Å². The van der Waals surface area contributed by atoms with Gasteiger partial charge in [0.1, 0.15) is 23.7 Å². The van der Waals surface area contributed by atoms with Crippen molar-refractivity contribution in [1.82, 2.24) is 5.32 Å². The lowest BCUT2D eigenvalue weighted by molar-refractivity contribution is -0.122. The summed E-state index contributed by atoms with van der Waals surface area (Å²) in [5.41, 5.74) is 3.08. The molecular weight excluding hydrogens is 563 g/mol. The van der Waals surface area contributed by atoms with Gasteiger partial charge in [0, 0.05) is 22.0 Å². The van der Waals surface area contributed by atoms with Crippen molar-refractivity contribution in [1.29, 1.82) is 0 Å². The highest BCUT2D eigenvalue weighted by Crippen LogP contribution is 2.34. The first kappa shape index (κ1) is 28.0. The number of carbonyl (C=O) groups is 3. The van der Waals surface area contributed by atoms with Crippen LogP contribution in [0.25, 0.3) is 6.08 Å². The normalized spacial score (nSPS) is 14.3. The maximum absolute atomic E-state index is 13.4. The first-order valence-corrected chi connectivity index (χ1v) is 13.4. The van der Waals surface area contributed by atoms with Gasteiger partial charge in [0.05, 0.1) is 12.8 Å². The molecule has 1 heterocycles. The highest BCUT2D eigenvalue weighted by molar-refractivity contribution is 6.39. The van der Waals surface area contributed by atoms with Gasteiger partial charge >= 0.3 is 6.03 Å². The Hall–Kier alpha value is -4.59. The summed E-state index contributed by atoms with van der Waals surface area (Å²) in [6.45, 7) is 0.369. The van der Waals surface area contributed by atoms with E-state index in [1.54, 1.807) is 42.5 Å². The predicted molar refractivity (Wildman–Crippen MR) is 158 cm³/mol. The minimum absolute atomic E-state index is 0.231. The molecule has 4 aromatic rings. The fourth-order valence-corrected chi connectivity index (χ4v) is 4.88. The third-order valence-electron chi connectivity index (χ3n) is 6.48. The molecule has 0 aromatic heterocycles. The third kappa shape index (κ3) is 6.27. The van der Waals surface area contributed by atoms with E-state index in [4.69, 9.17) is 32.7 Å². The van der Waals surface area contributed by atoms with E-state index in [1.165, 1.54) is 13.2 Å². The number of hydrogen-bond acceptors (Lipinski definition) is 5. The van der Waals surface area contributed by atoms with Gasteiger partial charge < -0.3 is 9.47 Å². The first-order chi connectivity index (χ1) is 19.8. The summed E-state index contributed by atoms with van der Waals surface area (Å²) in [6, 6.07) is 26.0. The number of ether oxygens (including phenoxy) is 2. The molecule has 4 amide bonds. The number of nitrogens with zero attached hydrogens (tertiary/aromatic N) is 1. The highest BCUT2D eigenvalue weighted by Gasteiger charge is 2.37. The number of hydrogen-bond donors (Lipinski definition) is 1. The molecule has 41 heavy (non-hydrogen) atoms. The Balaban J connectivity index is 1.38. The summed E-state index contributed by atoms with van der Waals surface area (Å²) in [5, 5.41) is 3.20. The van der Waals surface area contributed by atoms with E-state index in [1.807, 2.05) is 48.5 Å². The number of benzene rings is 4. The van der Waals surface area contributed by atoms with Crippen molar-refractivity contribution < 1.29 is 23.9 Å². The summed E-state index contributed by atoms with van der Waals surface area (Å²) in [7, 11) is 1.50. The molecule has 0 aliphatic carbocycles. The molecule has 1 aliphatic heterocycles. The molecule has 0 atom stereocenters. The molecule has 5 rings (SSSR count). The average molecular weight is 587 g/mol. The van der Waals surface area contributed by atoms with Gasteiger partial charge in [-0.1, -0.05) is 71.7 Å². The standard InChI is InChI=1S/C32H24Cl2N2O5/c1-40-29-17-21(16-28(34)25(29)18-22-9-5-6-10-27(22)33)15-26-30(37)35-32(39)36(31(26)38)23-11-13-24(14-12-23)41-19-20-7-3-2-4-8-20/h2-17H,18-19H2,1H3,(H,35,37,39)/b26-15+. The van der Waals surface area contributed by atoms with E-state index < -0.39 is 17.8 Å². The van der Waals surface area contributed by atoms with Crippen molar-refractivity contribution in [3.8, 4) is 11.5 Å². The fourth-order valence-electron chi connectivity index (χ4n) is 4.39. The van der Waals surface area contributed by atoms with Gasteiger partial charge in [0.15, 0.2) is 0 Å². The lowest BCUT2D eigenvalue weighted by atomic mass is 10.00. The van der Waals surface area contributed by atoms with Crippen LogP contribution >= 0.6 is 23.2 Å². The highest BCUT2D eigenvalue weighted by atomic mass is 35.5. The summed E-state index contributed by atoms with van der Waals surface area (Å²) in [5.74, 6) is -0.555. The van der Waals surface area contributed by atoms with Crippen LogP contribution in [0.3, 0.4) is 0 Å². The van der Waals surface area contributed by atoms with Crippen LogP contribution in [0.5, 0.6) is 11.5 Å². The van der Waals surface area contributed by atoms with Crippen molar-refractivity contribution in [3.63, 3.8) is 0 Å². The molecule has 7 nitrogen and oxygen atoms in total. The van der Waals surface area contributed by atoms with Gasteiger partial charge in [-0.05, 0) is 65.2 Å². The number of urea groups is 1. The minimum atomic E-state index is -0.846. The maximum atomic E-state index is 13.4.